The van der Waals surface area contributed by atoms with Crippen molar-refractivity contribution in [2.24, 2.45) is 0 Å². The molecule has 1 rings (SSSR count). The second-order valence-corrected chi connectivity index (χ2v) is 7.24. The molecule has 84 valence electrons. The van der Waals surface area contributed by atoms with E-state index in [-0.39, 0.29) is 17.3 Å². The van der Waals surface area contributed by atoms with Gasteiger partial charge < -0.3 is 0 Å². The molecule has 0 bridgehead atoms. The predicted octanol–water partition coefficient (Wildman–Crippen LogP) is 1.98. The minimum Gasteiger partial charge on any atom is -0.293 e. The van der Waals surface area contributed by atoms with Crippen molar-refractivity contribution in [2.45, 2.75) is 20.8 Å². The van der Waals surface area contributed by atoms with Gasteiger partial charge in [0.1, 0.15) is 5.75 Å². The number of rotatable bonds is 4. The van der Waals surface area contributed by atoms with Crippen LogP contribution in [0.4, 0.5) is 0 Å². The van der Waals surface area contributed by atoms with Crippen LogP contribution in [0.2, 0.25) is 0 Å². The minimum absolute atomic E-state index is 0.0148. The highest BCUT2D eigenvalue weighted by Gasteiger charge is 2.18. The molecule has 1 aromatic rings. The Kier molecular flexibility index (Phi) is 3.67. The SMILES string of the molecule is CCS(=O)(=O)CC(=O)c1cc(C)sc1C. The van der Waals surface area contributed by atoms with Crippen molar-refractivity contribution in [3.05, 3.63) is 21.4 Å². The van der Waals surface area contributed by atoms with E-state index in [1.165, 1.54) is 11.3 Å². The van der Waals surface area contributed by atoms with E-state index >= 15 is 0 Å². The number of ketones is 1. The molecule has 0 aromatic carbocycles. The number of thiophene rings is 1. The quantitative estimate of drug-likeness (QED) is 0.763. The molecule has 0 saturated carbocycles. The highest BCUT2D eigenvalue weighted by Crippen LogP contribution is 2.21. The number of hydrogen-bond acceptors (Lipinski definition) is 4. The third kappa shape index (κ3) is 3.14. The second kappa shape index (κ2) is 4.45. The molecular weight excluding hydrogens is 232 g/mol. The number of sulfone groups is 1. The normalized spacial score (nSPS) is 11.7. The third-order valence-corrected chi connectivity index (χ3v) is 4.68. The number of carbonyl (C=O) groups is 1. The molecule has 0 aliphatic heterocycles. The van der Waals surface area contributed by atoms with Crippen LogP contribution in [-0.2, 0) is 9.84 Å². The molecule has 0 atom stereocenters. The Morgan fingerprint density at radius 3 is 2.40 bits per heavy atom. The fourth-order valence-corrected chi connectivity index (χ4v) is 2.99. The highest BCUT2D eigenvalue weighted by atomic mass is 32.2. The summed E-state index contributed by atoms with van der Waals surface area (Å²) in [5.41, 5.74) is 0.550. The van der Waals surface area contributed by atoms with Crippen molar-refractivity contribution in [1.82, 2.24) is 0 Å². The summed E-state index contributed by atoms with van der Waals surface area (Å²) in [6.45, 7) is 5.29. The summed E-state index contributed by atoms with van der Waals surface area (Å²) in [7, 11) is -3.22. The van der Waals surface area contributed by atoms with Crippen LogP contribution in [0.15, 0.2) is 6.07 Å². The fraction of sp³-hybridized carbons (Fsp3) is 0.500. The summed E-state index contributed by atoms with van der Waals surface area (Å²) >= 11 is 1.52. The molecule has 0 amide bonds. The molecule has 0 radical (unpaired) electrons. The Balaban J connectivity index is 2.92. The largest absolute Gasteiger partial charge is 0.293 e. The van der Waals surface area contributed by atoms with E-state index in [1.807, 2.05) is 13.8 Å². The number of Topliss-reactive ketones (excluding diaryl/α,β-unsaturated/α-hetero) is 1. The highest BCUT2D eigenvalue weighted by molar-refractivity contribution is 7.92. The van der Waals surface area contributed by atoms with Gasteiger partial charge in [0, 0.05) is 21.1 Å². The molecule has 0 fully saturated rings. The number of aryl methyl sites for hydroxylation is 2. The molecule has 0 aliphatic carbocycles. The Morgan fingerprint density at radius 1 is 1.40 bits per heavy atom. The van der Waals surface area contributed by atoms with E-state index in [0.29, 0.717) is 5.56 Å². The summed E-state index contributed by atoms with van der Waals surface area (Å²) in [6, 6.07) is 1.76. The van der Waals surface area contributed by atoms with Crippen molar-refractivity contribution < 1.29 is 13.2 Å². The van der Waals surface area contributed by atoms with Gasteiger partial charge in [-0.2, -0.15) is 0 Å². The molecule has 0 unspecified atom stereocenters. The molecule has 1 aromatic heterocycles. The molecule has 0 saturated heterocycles. The topological polar surface area (TPSA) is 51.2 Å². The maximum atomic E-state index is 11.7. The molecule has 0 aliphatic rings. The van der Waals surface area contributed by atoms with Gasteiger partial charge in [-0.25, -0.2) is 8.42 Å². The van der Waals surface area contributed by atoms with E-state index in [9.17, 15) is 13.2 Å². The second-order valence-electron chi connectivity index (χ2n) is 3.43. The van der Waals surface area contributed by atoms with Gasteiger partial charge in [-0.05, 0) is 19.9 Å². The maximum absolute atomic E-state index is 11.7. The Labute approximate surface area is 94.0 Å². The van der Waals surface area contributed by atoms with Crippen LogP contribution in [-0.4, -0.2) is 25.7 Å². The lowest BCUT2D eigenvalue weighted by molar-refractivity contribution is 0.102. The first-order valence-electron chi connectivity index (χ1n) is 4.66. The summed E-state index contributed by atoms with van der Waals surface area (Å²) < 4.78 is 22.6. The van der Waals surface area contributed by atoms with Gasteiger partial charge in [-0.1, -0.05) is 6.92 Å². The van der Waals surface area contributed by atoms with E-state index in [2.05, 4.69) is 0 Å². The molecule has 5 heteroatoms. The van der Waals surface area contributed by atoms with Gasteiger partial charge in [-0.3, -0.25) is 4.79 Å². The average molecular weight is 246 g/mol. The zero-order valence-corrected chi connectivity index (χ0v) is 10.7. The van der Waals surface area contributed by atoms with Crippen molar-refractivity contribution in [1.29, 1.82) is 0 Å². The lowest BCUT2D eigenvalue weighted by Crippen LogP contribution is -2.17. The Morgan fingerprint density at radius 2 is 2.00 bits per heavy atom. The van der Waals surface area contributed by atoms with Gasteiger partial charge in [0.15, 0.2) is 15.6 Å². The molecule has 15 heavy (non-hydrogen) atoms. The van der Waals surface area contributed by atoms with Crippen molar-refractivity contribution in [2.75, 3.05) is 11.5 Å². The van der Waals surface area contributed by atoms with Crippen molar-refractivity contribution in [3.63, 3.8) is 0 Å². The maximum Gasteiger partial charge on any atom is 0.178 e. The van der Waals surface area contributed by atoms with Crippen LogP contribution in [0.25, 0.3) is 0 Å². The molecule has 0 N–H and O–H groups in total. The van der Waals surface area contributed by atoms with Gasteiger partial charge in [0.05, 0.1) is 0 Å². The molecule has 0 spiro atoms. The first-order chi connectivity index (χ1) is 6.85. The van der Waals surface area contributed by atoms with Crippen LogP contribution in [0.5, 0.6) is 0 Å². The lowest BCUT2D eigenvalue weighted by atomic mass is 10.2. The summed E-state index contributed by atoms with van der Waals surface area (Å²) in [4.78, 5) is 13.6. The van der Waals surface area contributed by atoms with Crippen molar-refractivity contribution in [3.8, 4) is 0 Å². The molecular formula is C10H14O3S2. The van der Waals surface area contributed by atoms with E-state index in [1.54, 1.807) is 13.0 Å². The molecule has 1 heterocycles. The fourth-order valence-electron chi connectivity index (χ4n) is 1.29. The monoisotopic (exact) mass is 246 g/mol. The zero-order valence-electron chi connectivity index (χ0n) is 9.03. The van der Waals surface area contributed by atoms with Gasteiger partial charge in [0.25, 0.3) is 0 Å². The smallest absolute Gasteiger partial charge is 0.178 e. The van der Waals surface area contributed by atoms with Crippen LogP contribution >= 0.6 is 11.3 Å². The first-order valence-corrected chi connectivity index (χ1v) is 7.30. The summed E-state index contributed by atoms with van der Waals surface area (Å²) in [5.74, 6) is -0.653. The minimum atomic E-state index is -3.22. The molecule has 3 nitrogen and oxygen atoms in total. The van der Waals surface area contributed by atoms with Gasteiger partial charge in [-0.15, -0.1) is 11.3 Å². The van der Waals surface area contributed by atoms with Crippen LogP contribution in [0, 0.1) is 13.8 Å². The summed E-state index contributed by atoms with van der Waals surface area (Å²) in [6.07, 6.45) is 0. The van der Waals surface area contributed by atoms with E-state index in [0.717, 1.165) is 9.75 Å². The first kappa shape index (κ1) is 12.4. The van der Waals surface area contributed by atoms with Crippen molar-refractivity contribution >= 4 is 27.0 Å². The summed E-state index contributed by atoms with van der Waals surface area (Å²) in [5, 5.41) is 0. The Bertz CT molecular complexity index is 469. The standard InChI is InChI=1S/C10H14O3S2/c1-4-15(12,13)6-10(11)9-5-7(2)14-8(9)3/h5H,4,6H2,1-3H3. The zero-order chi connectivity index (χ0) is 11.6. The number of hydrogen-bond donors (Lipinski definition) is 0. The predicted molar refractivity (Wildman–Crippen MR) is 62.5 cm³/mol. The van der Waals surface area contributed by atoms with Gasteiger partial charge in [0.2, 0.25) is 0 Å². The number of carbonyl (C=O) groups excluding carboxylic acids is 1. The Hall–Kier alpha value is -0.680. The lowest BCUT2D eigenvalue weighted by Gasteiger charge is -1.99. The van der Waals surface area contributed by atoms with Gasteiger partial charge >= 0.3 is 0 Å². The van der Waals surface area contributed by atoms with Crippen LogP contribution in [0.1, 0.15) is 27.0 Å². The van der Waals surface area contributed by atoms with E-state index in [4.69, 9.17) is 0 Å². The van der Waals surface area contributed by atoms with Crippen LogP contribution < -0.4 is 0 Å². The van der Waals surface area contributed by atoms with E-state index < -0.39 is 9.84 Å². The van der Waals surface area contributed by atoms with Crippen LogP contribution in [0.3, 0.4) is 0 Å². The average Bonchev–Trinajstić information content (AvgIpc) is 2.45. The third-order valence-electron chi connectivity index (χ3n) is 2.13.